The van der Waals surface area contributed by atoms with E-state index in [0.717, 1.165) is 29.5 Å². The maximum atomic E-state index is 13.1. The molecule has 0 saturated heterocycles. The van der Waals surface area contributed by atoms with Gasteiger partial charge in [-0.05, 0) is 65.4 Å². The van der Waals surface area contributed by atoms with E-state index >= 15 is 0 Å². The number of hydrogen-bond acceptors (Lipinski definition) is 3. The van der Waals surface area contributed by atoms with Crippen LogP contribution in [0.1, 0.15) is 146 Å². The lowest BCUT2D eigenvalue weighted by molar-refractivity contribution is -0.143. The SMILES string of the molecule is CCCCCCCCCCCCCCCCCCCCOC(=O)CCc1cccc(CCC(=O)N(C)C)c1-c1ccccc1P(c1ccccc1)c1ccccc1. The van der Waals surface area contributed by atoms with Gasteiger partial charge in [0.25, 0.3) is 0 Å². The molecular formula is C52H72NO3P. The molecule has 0 atom stereocenters. The normalized spacial score (nSPS) is 11.2. The van der Waals surface area contributed by atoms with Gasteiger partial charge in [-0.25, -0.2) is 0 Å². The summed E-state index contributed by atoms with van der Waals surface area (Å²) in [5, 5.41) is 3.85. The van der Waals surface area contributed by atoms with Crippen molar-refractivity contribution in [3.63, 3.8) is 0 Å². The van der Waals surface area contributed by atoms with E-state index < -0.39 is 7.92 Å². The van der Waals surface area contributed by atoms with Crippen LogP contribution < -0.4 is 15.9 Å². The number of carbonyl (C=O) groups excluding carboxylic acids is 2. The van der Waals surface area contributed by atoms with Gasteiger partial charge in [0.15, 0.2) is 0 Å². The summed E-state index contributed by atoms with van der Waals surface area (Å²) in [5.41, 5.74) is 4.58. The summed E-state index contributed by atoms with van der Waals surface area (Å²) >= 11 is 0. The summed E-state index contributed by atoms with van der Waals surface area (Å²) in [6.07, 6.45) is 26.1. The number of carbonyl (C=O) groups is 2. The maximum Gasteiger partial charge on any atom is 0.306 e. The van der Waals surface area contributed by atoms with E-state index in [1.54, 1.807) is 4.90 Å². The van der Waals surface area contributed by atoms with Crippen LogP contribution in [-0.4, -0.2) is 37.5 Å². The average molecular weight is 790 g/mol. The number of aryl methyl sites for hydroxylation is 2. The molecule has 0 spiro atoms. The van der Waals surface area contributed by atoms with E-state index in [-0.39, 0.29) is 11.9 Å². The fourth-order valence-corrected chi connectivity index (χ4v) is 10.3. The Morgan fingerprint density at radius 1 is 0.509 bits per heavy atom. The average Bonchev–Trinajstić information content (AvgIpc) is 3.24. The Morgan fingerprint density at radius 3 is 1.44 bits per heavy atom. The molecule has 0 aliphatic carbocycles. The first-order chi connectivity index (χ1) is 28.0. The van der Waals surface area contributed by atoms with E-state index in [0.29, 0.717) is 32.3 Å². The molecule has 0 N–H and O–H groups in total. The molecule has 0 radical (unpaired) electrons. The fourth-order valence-electron chi connectivity index (χ4n) is 7.84. The minimum Gasteiger partial charge on any atom is -0.466 e. The van der Waals surface area contributed by atoms with Crippen LogP contribution >= 0.6 is 7.92 Å². The quantitative estimate of drug-likeness (QED) is 0.0313. The zero-order chi connectivity index (χ0) is 40.3. The lowest BCUT2D eigenvalue weighted by Gasteiger charge is -2.25. The van der Waals surface area contributed by atoms with Gasteiger partial charge in [-0.3, -0.25) is 9.59 Å². The third-order valence-corrected chi connectivity index (χ3v) is 13.6. The van der Waals surface area contributed by atoms with E-state index in [1.165, 1.54) is 124 Å². The van der Waals surface area contributed by atoms with Crippen LogP contribution in [0, 0.1) is 0 Å². The topological polar surface area (TPSA) is 46.6 Å². The number of unbranched alkanes of at least 4 members (excludes halogenated alkanes) is 17. The molecular weight excluding hydrogens is 718 g/mol. The number of nitrogens with zero attached hydrogens (tertiary/aromatic N) is 1. The van der Waals surface area contributed by atoms with Crippen molar-refractivity contribution in [2.24, 2.45) is 0 Å². The monoisotopic (exact) mass is 790 g/mol. The van der Waals surface area contributed by atoms with Crippen LogP contribution in [0.4, 0.5) is 0 Å². The Morgan fingerprint density at radius 2 is 0.947 bits per heavy atom. The molecule has 0 fully saturated rings. The first kappa shape index (κ1) is 45.9. The number of hydrogen-bond donors (Lipinski definition) is 0. The number of amides is 1. The van der Waals surface area contributed by atoms with Gasteiger partial charge >= 0.3 is 5.97 Å². The lowest BCUT2D eigenvalue weighted by atomic mass is 9.90. The van der Waals surface area contributed by atoms with Crippen molar-refractivity contribution < 1.29 is 14.3 Å². The summed E-state index contributed by atoms with van der Waals surface area (Å²) in [6, 6.07) is 36.7. The standard InChI is InChI=1S/C52H72NO3P/c1-4-5-6-7-8-9-10-11-12-13-14-15-16-17-18-19-20-29-43-56-51(55)42-40-45-32-30-31-44(39-41-50(54)53(2)3)52(45)48-37-27-28-38-49(48)57(46-33-23-21-24-34-46)47-35-25-22-26-36-47/h21-28,30-38H,4-20,29,39-43H2,1-3H3. The van der Waals surface area contributed by atoms with Crippen molar-refractivity contribution in [2.45, 2.75) is 148 Å². The smallest absolute Gasteiger partial charge is 0.306 e. The molecule has 308 valence electrons. The highest BCUT2D eigenvalue weighted by Crippen LogP contribution is 2.39. The number of benzene rings is 4. The van der Waals surface area contributed by atoms with Gasteiger partial charge in [-0.1, -0.05) is 219 Å². The summed E-state index contributed by atoms with van der Waals surface area (Å²) in [7, 11) is 2.77. The van der Waals surface area contributed by atoms with Crippen molar-refractivity contribution in [3.05, 3.63) is 114 Å². The molecule has 0 aliphatic rings. The van der Waals surface area contributed by atoms with Crippen LogP contribution in [0.15, 0.2) is 103 Å². The van der Waals surface area contributed by atoms with Crippen molar-refractivity contribution in [3.8, 4) is 11.1 Å². The highest BCUT2D eigenvalue weighted by atomic mass is 31.1. The van der Waals surface area contributed by atoms with Gasteiger partial charge in [0, 0.05) is 26.9 Å². The number of esters is 1. The first-order valence-electron chi connectivity index (χ1n) is 22.5. The molecule has 0 aromatic heterocycles. The molecule has 0 bridgehead atoms. The highest BCUT2D eigenvalue weighted by Gasteiger charge is 2.23. The van der Waals surface area contributed by atoms with Gasteiger partial charge in [0.2, 0.25) is 5.91 Å². The van der Waals surface area contributed by atoms with Crippen molar-refractivity contribution in [1.29, 1.82) is 0 Å². The van der Waals surface area contributed by atoms with Crippen LogP contribution in [0.3, 0.4) is 0 Å². The molecule has 0 saturated carbocycles. The van der Waals surface area contributed by atoms with Crippen LogP contribution in [0.5, 0.6) is 0 Å². The Balaban J connectivity index is 1.27. The minimum atomic E-state index is -0.860. The minimum absolute atomic E-state index is 0.110. The molecule has 4 rings (SSSR count). The summed E-state index contributed by atoms with van der Waals surface area (Å²) in [5.74, 6) is -0.0242. The molecule has 0 aliphatic heterocycles. The number of ether oxygens (including phenoxy) is 1. The Bertz CT molecular complexity index is 1650. The molecule has 4 aromatic carbocycles. The van der Waals surface area contributed by atoms with E-state index in [1.807, 2.05) is 14.1 Å². The molecule has 0 unspecified atom stereocenters. The zero-order valence-corrected chi connectivity index (χ0v) is 36.6. The van der Waals surface area contributed by atoms with Crippen LogP contribution in [0.2, 0.25) is 0 Å². The van der Waals surface area contributed by atoms with Crippen LogP contribution in [0.25, 0.3) is 11.1 Å². The summed E-state index contributed by atoms with van der Waals surface area (Å²) in [6.45, 7) is 2.79. The summed E-state index contributed by atoms with van der Waals surface area (Å²) < 4.78 is 5.77. The fraction of sp³-hybridized carbons (Fsp3) is 0.500. The second-order valence-corrected chi connectivity index (χ2v) is 18.2. The first-order valence-corrected chi connectivity index (χ1v) is 23.8. The Labute approximate surface area is 348 Å². The molecule has 0 heterocycles. The molecule has 5 heteroatoms. The zero-order valence-electron chi connectivity index (χ0n) is 35.7. The third kappa shape index (κ3) is 16.9. The van der Waals surface area contributed by atoms with E-state index in [9.17, 15) is 9.59 Å². The Hall–Kier alpha value is -3.75. The van der Waals surface area contributed by atoms with Gasteiger partial charge < -0.3 is 9.64 Å². The molecule has 57 heavy (non-hydrogen) atoms. The predicted molar refractivity (Wildman–Crippen MR) is 246 cm³/mol. The molecule has 4 nitrogen and oxygen atoms in total. The van der Waals surface area contributed by atoms with Gasteiger partial charge in [0.1, 0.15) is 0 Å². The maximum absolute atomic E-state index is 13.1. The van der Waals surface area contributed by atoms with Crippen molar-refractivity contribution in [2.75, 3.05) is 20.7 Å². The van der Waals surface area contributed by atoms with E-state index in [4.69, 9.17) is 4.74 Å². The van der Waals surface area contributed by atoms with Gasteiger partial charge in [0.05, 0.1) is 6.61 Å². The largest absolute Gasteiger partial charge is 0.466 e. The predicted octanol–water partition coefficient (Wildman–Crippen LogP) is 12.7. The second-order valence-electron chi connectivity index (χ2n) is 16.0. The van der Waals surface area contributed by atoms with Crippen LogP contribution in [-0.2, 0) is 27.2 Å². The third-order valence-electron chi connectivity index (χ3n) is 11.1. The van der Waals surface area contributed by atoms with Crippen molar-refractivity contribution in [1.82, 2.24) is 4.90 Å². The highest BCUT2D eigenvalue weighted by molar-refractivity contribution is 7.80. The van der Waals surface area contributed by atoms with Gasteiger partial charge in [-0.2, -0.15) is 0 Å². The lowest BCUT2D eigenvalue weighted by Crippen LogP contribution is -2.23. The summed E-state index contributed by atoms with van der Waals surface area (Å²) in [4.78, 5) is 27.5. The Kier molecular flexibility index (Phi) is 22.4. The van der Waals surface area contributed by atoms with Crippen molar-refractivity contribution >= 4 is 35.7 Å². The van der Waals surface area contributed by atoms with Gasteiger partial charge in [-0.15, -0.1) is 0 Å². The number of rotatable bonds is 29. The molecule has 1 amide bonds. The second kappa shape index (κ2) is 27.8. The van der Waals surface area contributed by atoms with E-state index in [2.05, 4.69) is 110 Å². The molecule has 4 aromatic rings.